The predicted octanol–water partition coefficient (Wildman–Crippen LogP) is 4.06. The minimum atomic E-state index is -0.770. The van der Waals surface area contributed by atoms with Crippen molar-refractivity contribution in [3.8, 4) is 11.8 Å². The average Bonchev–Trinajstić information content (AvgIpc) is 2.67. The highest BCUT2D eigenvalue weighted by molar-refractivity contribution is 6.42. The van der Waals surface area contributed by atoms with Gasteiger partial charge in [0.25, 0.3) is 5.56 Å². The van der Waals surface area contributed by atoms with Gasteiger partial charge in [0, 0.05) is 12.4 Å². The Labute approximate surface area is 164 Å². The molecule has 5 nitrogen and oxygen atoms in total. The van der Waals surface area contributed by atoms with Crippen molar-refractivity contribution in [1.29, 1.82) is 5.26 Å². The summed E-state index contributed by atoms with van der Waals surface area (Å²) >= 11 is 12.6. The summed E-state index contributed by atoms with van der Waals surface area (Å²) in [6.07, 6.45) is 0. The first-order chi connectivity index (χ1) is 13.0. The van der Waals surface area contributed by atoms with Crippen LogP contribution < -0.4 is 16.0 Å². The SMILES string of the molecule is Cn1c(=O)c2c(c3ccccc31)OC(N)=C(C#N)[C@@H]2c1cccc(Cl)c1Cl. The van der Waals surface area contributed by atoms with Crippen molar-refractivity contribution < 1.29 is 4.74 Å². The van der Waals surface area contributed by atoms with Gasteiger partial charge in [0.05, 0.1) is 27.0 Å². The van der Waals surface area contributed by atoms with E-state index in [0.29, 0.717) is 27.4 Å². The summed E-state index contributed by atoms with van der Waals surface area (Å²) in [7, 11) is 1.68. The van der Waals surface area contributed by atoms with Gasteiger partial charge in [0.2, 0.25) is 5.88 Å². The van der Waals surface area contributed by atoms with Crippen molar-refractivity contribution >= 4 is 34.1 Å². The fraction of sp³-hybridized carbons (Fsp3) is 0.100. The quantitative estimate of drug-likeness (QED) is 0.670. The lowest BCUT2D eigenvalue weighted by atomic mass is 9.83. The Morgan fingerprint density at radius 2 is 1.93 bits per heavy atom. The van der Waals surface area contributed by atoms with E-state index in [2.05, 4.69) is 6.07 Å². The normalized spacial score (nSPS) is 16.0. The third-order valence-corrected chi connectivity index (χ3v) is 5.59. The van der Waals surface area contributed by atoms with Gasteiger partial charge in [-0.05, 0) is 23.8 Å². The molecule has 4 rings (SSSR count). The largest absolute Gasteiger partial charge is 0.439 e. The lowest BCUT2D eigenvalue weighted by Crippen LogP contribution is -2.31. The lowest BCUT2D eigenvalue weighted by molar-refractivity contribution is 0.396. The number of aryl methyl sites for hydroxylation is 1. The molecule has 1 aliphatic rings. The van der Waals surface area contributed by atoms with Gasteiger partial charge in [-0.1, -0.05) is 47.5 Å². The number of nitriles is 1. The number of pyridine rings is 1. The highest BCUT2D eigenvalue weighted by Crippen LogP contribution is 2.46. The number of halogens is 2. The molecule has 0 radical (unpaired) electrons. The van der Waals surface area contributed by atoms with Crippen LogP contribution in [-0.4, -0.2) is 4.57 Å². The topological polar surface area (TPSA) is 81.0 Å². The summed E-state index contributed by atoms with van der Waals surface area (Å²) in [6.45, 7) is 0. The number of para-hydroxylation sites is 1. The van der Waals surface area contributed by atoms with Gasteiger partial charge in [0.1, 0.15) is 17.4 Å². The van der Waals surface area contributed by atoms with Crippen molar-refractivity contribution in [2.24, 2.45) is 12.8 Å². The van der Waals surface area contributed by atoms with Crippen LogP contribution in [0.5, 0.6) is 5.75 Å². The summed E-state index contributed by atoms with van der Waals surface area (Å²) in [5.41, 5.74) is 7.43. The lowest BCUT2D eigenvalue weighted by Gasteiger charge is -2.28. The van der Waals surface area contributed by atoms with Crippen LogP contribution in [0.15, 0.2) is 58.7 Å². The summed E-state index contributed by atoms with van der Waals surface area (Å²) < 4.78 is 7.28. The van der Waals surface area contributed by atoms with E-state index in [0.717, 1.165) is 5.39 Å². The number of hydrogen-bond acceptors (Lipinski definition) is 4. The minimum Gasteiger partial charge on any atom is -0.439 e. The Morgan fingerprint density at radius 1 is 1.19 bits per heavy atom. The third-order valence-electron chi connectivity index (χ3n) is 4.76. The van der Waals surface area contributed by atoms with Crippen molar-refractivity contribution in [3.63, 3.8) is 0 Å². The molecule has 1 atom stereocenters. The van der Waals surface area contributed by atoms with Crippen molar-refractivity contribution in [2.75, 3.05) is 0 Å². The molecule has 1 aromatic heterocycles. The van der Waals surface area contributed by atoms with Crippen LogP contribution in [0.2, 0.25) is 10.0 Å². The molecule has 0 saturated heterocycles. The van der Waals surface area contributed by atoms with E-state index in [1.54, 1.807) is 25.2 Å². The molecule has 134 valence electrons. The molecule has 2 aromatic carbocycles. The van der Waals surface area contributed by atoms with E-state index in [-0.39, 0.29) is 22.0 Å². The fourth-order valence-electron chi connectivity index (χ4n) is 3.48. The zero-order chi connectivity index (χ0) is 19.3. The second-order valence-corrected chi connectivity index (χ2v) is 6.98. The van der Waals surface area contributed by atoms with E-state index in [4.69, 9.17) is 33.7 Å². The third kappa shape index (κ3) is 2.49. The number of allylic oxidation sites excluding steroid dienone is 1. The van der Waals surface area contributed by atoms with Crippen LogP contribution in [0.25, 0.3) is 10.9 Å². The molecule has 0 saturated carbocycles. The number of fused-ring (bicyclic) bond motifs is 3. The molecule has 0 amide bonds. The Kier molecular flexibility index (Phi) is 4.11. The molecule has 0 unspecified atom stereocenters. The van der Waals surface area contributed by atoms with Crippen LogP contribution in [-0.2, 0) is 7.05 Å². The van der Waals surface area contributed by atoms with Crippen LogP contribution >= 0.6 is 23.2 Å². The van der Waals surface area contributed by atoms with E-state index < -0.39 is 5.92 Å². The number of nitrogens with zero attached hydrogens (tertiary/aromatic N) is 2. The Balaban J connectivity index is 2.17. The van der Waals surface area contributed by atoms with E-state index >= 15 is 0 Å². The molecule has 0 bridgehead atoms. The van der Waals surface area contributed by atoms with Gasteiger partial charge in [-0.3, -0.25) is 4.79 Å². The molecule has 3 aromatic rings. The number of nitrogens with two attached hydrogens (primary N) is 1. The first-order valence-electron chi connectivity index (χ1n) is 8.08. The highest BCUT2D eigenvalue weighted by Gasteiger charge is 2.36. The molecule has 0 fully saturated rings. The molecular formula is C20H13Cl2N3O2. The number of aromatic nitrogens is 1. The van der Waals surface area contributed by atoms with Crippen LogP contribution in [0.4, 0.5) is 0 Å². The van der Waals surface area contributed by atoms with Gasteiger partial charge in [-0.15, -0.1) is 0 Å². The van der Waals surface area contributed by atoms with Crippen LogP contribution in [0.1, 0.15) is 17.0 Å². The highest BCUT2D eigenvalue weighted by atomic mass is 35.5. The summed E-state index contributed by atoms with van der Waals surface area (Å²) in [5.74, 6) is -0.482. The maximum atomic E-state index is 13.2. The number of rotatable bonds is 1. The number of ether oxygens (including phenoxy) is 1. The summed E-state index contributed by atoms with van der Waals surface area (Å²) in [5, 5.41) is 11.0. The summed E-state index contributed by atoms with van der Waals surface area (Å²) in [4.78, 5) is 13.2. The maximum Gasteiger partial charge on any atom is 0.258 e. The molecule has 2 N–H and O–H groups in total. The van der Waals surface area contributed by atoms with E-state index in [9.17, 15) is 10.1 Å². The van der Waals surface area contributed by atoms with E-state index in [1.165, 1.54) is 4.57 Å². The van der Waals surface area contributed by atoms with Crippen molar-refractivity contribution in [3.05, 3.63) is 85.4 Å². The standard InChI is InChI=1S/C20H13Cl2N3O2/c1-25-14-8-3-2-5-10(14)18-16(20(25)26)15(12(9-23)19(24)27-18)11-6-4-7-13(21)17(11)22/h2-8,15H,24H2,1H3/t15-/m0/s1. The Morgan fingerprint density at radius 3 is 2.67 bits per heavy atom. The minimum absolute atomic E-state index is 0.0514. The monoisotopic (exact) mass is 397 g/mol. The molecule has 1 aliphatic heterocycles. The molecule has 27 heavy (non-hydrogen) atoms. The second-order valence-electron chi connectivity index (χ2n) is 6.19. The zero-order valence-corrected chi connectivity index (χ0v) is 15.7. The molecular weight excluding hydrogens is 385 g/mol. The predicted molar refractivity (Wildman–Crippen MR) is 105 cm³/mol. The Bertz CT molecular complexity index is 1240. The zero-order valence-electron chi connectivity index (χ0n) is 14.2. The van der Waals surface area contributed by atoms with Gasteiger partial charge in [-0.25, -0.2) is 0 Å². The molecule has 0 aliphatic carbocycles. The van der Waals surface area contributed by atoms with E-state index in [1.807, 2.05) is 24.3 Å². The second kappa shape index (κ2) is 6.34. The Hall–Kier alpha value is -2.94. The van der Waals surface area contributed by atoms with Crippen LogP contribution in [0, 0.1) is 11.3 Å². The molecule has 2 heterocycles. The van der Waals surface area contributed by atoms with Crippen molar-refractivity contribution in [2.45, 2.75) is 5.92 Å². The fourth-order valence-corrected chi connectivity index (χ4v) is 3.90. The number of hydrogen-bond donors (Lipinski definition) is 1. The van der Waals surface area contributed by atoms with Gasteiger partial charge >= 0.3 is 0 Å². The first-order valence-corrected chi connectivity index (χ1v) is 8.84. The molecule has 0 spiro atoms. The van der Waals surface area contributed by atoms with Gasteiger partial charge in [0.15, 0.2) is 0 Å². The molecule has 7 heteroatoms. The number of benzene rings is 2. The van der Waals surface area contributed by atoms with Gasteiger partial charge < -0.3 is 15.0 Å². The first kappa shape index (κ1) is 17.5. The maximum absolute atomic E-state index is 13.2. The van der Waals surface area contributed by atoms with Crippen molar-refractivity contribution in [1.82, 2.24) is 4.57 Å². The van der Waals surface area contributed by atoms with Crippen LogP contribution in [0.3, 0.4) is 0 Å². The van der Waals surface area contributed by atoms with Gasteiger partial charge in [-0.2, -0.15) is 5.26 Å². The summed E-state index contributed by atoms with van der Waals surface area (Å²) in [6, 6.07) is 14.5. The smallest absolute Gasteiger partial charge is 0.258 e. The average molecular weight is 398 g/mol.